The number of nitriles is 1. The normalized spacial score (nSPS) is 10.4. The van der Waals surface area contributed by atoms with Crippen LogP contribution in [0.1, 0.15) is 18.4 Å². The minimum atomic E-state index is 0.593. The summed E-state index contributed by atoms with van der Waals surface area (Å²) in [6.07, 6.45) is 1.48. The van der Waals surface area contributed by atoms with Gasteiger partial charge >= 0.3 is 0 Å². The van der Waals surface area contributed by atoms with Crippen molar-refractivity contribution >= 4 is 11.8 Å². The van der Waals surface area contributed by atoms with Crippen LogP contribution < -0.4 is 0 Å². The van der Waals surface area contributed by atoms with E-state index in [4.69, 9.17) is 5.26 Å². The van der Waals surface area contributed by atoms with Gasteiger partial charge in [-0.3, -0.25) is 0 Å². The van der Waals surface area contributed by atoms with Crippen molar-refractivity contribution in [3.8, 4) is 17.5 Å². The highest BCUT2D eigenvalue weighted by molar-refractivity contribution is 7.99. The van der Waals surface area contributed by atoms with Crippen molar-refractivity contribution in [2.45, 2.75) is 24.9 Å². The summed E-state index contributed by atoms with van der Waals surface area (Å²) < 4.78 is 2.00. The Balaban J connectivity index is 2.10. The average Bonchev–Trinajstić information content (AvgIpc) is 2.77. The third-order valence-electron chi connectivity index (χ3n) is 2.81. The molecule has 0 aliphatic rings. The summed E-state index contributed by atoms with van der Waals surface area (Å²) in [7, 11) is 1.97. The first-order valence-electron chi connectivity index (χ1n) is 6.18. The van der Waals surface area contributed by atoms with Crippen molar-refractivity contribution < 1.29 is 0 Å². The summed E-state index contributed by atoms with van der Waals surface area (Å²) in [4.78, 5) is 0. The fourth-order valence-corrected chi connectivity index (χ4v) is 2.56. The minimum Gasteiger partial charge on any atom is -0.305 e. The summed E-state index contributed by atoms with van der Waals surface area (Å²) in [5.41, 5.74) is 2.31. The van der Waals surface area contributed by atoms with E-state index < -0.39 is 0 Å². The van der Waals surface area contributed by atoms with Gasteiger partial charge in [0.25, 0.3) is 0 Å². The van der Waals surface area contributed by atoms with Crippen LogP contribution >= 0.6 is 11.8 Å². The van der Waals surface area contributed by atoms with Gasteiger partial charge in [-0.15, -0.1) is 10.2 Å². The molecule has 0 amide bonds. The molecule has 4 nitrogen and oxygen atoms in total. The molecule has 0 unspecified atom stereocenters. The van der Waals surface area contributed by atoms with Crippen molar-refractivity contribution in [2.75, 3.05) is 5.75 Å². The fraction of sp³-hybridized carbons (Fsp3) is 0.357. The molecule has 98 valence electrons. The van der Waals surface area contributed by atoms with Gasteiger partial charge in [0.05, 0.1) is 6.07 Å². The molecule has 0 saturated heterocycles. The fourth-order valence-electron chi connectivity index (χ4n) is 1.71. The van der Waals surface area contributed by atoms with Crippen LogP contribution in [0, 0.1) is 18.3 Å². The number of unbranched alkanes of at least 4 members (excludes halogenated alkanes) is 1. The third kappa shape index (κ3) is 3.36. The summed E-state index contributed by atoms with van der Waals surface area (Å²) in [5, 5.41) is 17.8. The molecule has 0 radical (unpaired) electrons. The van der Waals surface area contributed by atoms with Crippen molar-refractivity contribution in [2.24, 2.45) is 7.05 Å². The third-order valence-corrected chi connectivity index (χ3v) is 3.92. The van der Waals surface area contributed by atoms with Crippen LogP contribution in [0.2, 0.25) is 0 Å². The first kappa shape index (κ1) is 13.6. The van der Waals surface area contributed by atoms with Gasteiger partial charge in [0.15, 0.2) is 11.0 Å². The Bertz CT molecular complexity index is 580. The molecule has 0 atom stereocenters. The van der Waals surface area contributed by atoms with Crippen LogP contribution in [-0.2, 0) is 7.05 Å². The molecule has 0 aliphatic carbocycles. The molecule has 5 heteroatoms. The number of thioether (sulfide) groups is 1. The van der Waals surface area contributed by atoms with Crippen LogP contribution in [0.3, 0.4) is 0 Å². The van der Waals surface area contributed by atoms with Gasteiger partial charge < -0.3 is 4.57 Å². The summed E-state index contributed by atoms with van der Waals surface area (Å²) >= 11 is 1.64. The molecule has 0 fully saturated rings. The second-order valence-corrected chi connectivity index (χ2v) is 5.40. The number of benzene rings is 1. The SMILES string of the molecule is Cc1ccc(-c2nnc(SCCCC#N)n2C)cc1. The molecule has 0 N–H and O–H groups in total. The molecule has 1 heterocycles. The van der Waals surface area contributed by atoms with Crippen LogP contribution in [0.5, 0.6) is 0 Å². The lowest BCUT2D eigenvalue weighted by molar-refractivity contribution is 0.792. The van der Waals surface area contributed by atoms with Crippen molar-refractivity contribution in [1.29, 1.82) is 5.26 Å². The van der Waals surface area contributed by atoms with Gasteiger partial charge in [-0.25, -0.2) is 0 Å². The molecule has 1 aromatic carbocycles. The molecule has 2 aromatic rings. The van der Waals surface area contributed by atoms with Gasteiger partial charge in [0, 0.05) is 24.8 Å². The second-order valence-electron chi connectivity index (χ2n) is 4.34. The van der Waals surface area contributed by atoms with Crippen LogP contribution in [-0.4, -0.2) is 20.5 Å². The predicted octanol–water partition coefficient (Wildman–Crippen LogP) is 3.19. The zero-order chi connectivity index (χ0) is 13.7. The highest BCUT2D eigenvalue weighted by atomic mass is 32.2. The first-order valence-corrected chi connectivity index (χ1v) is 7.17. The van der Waals surface area contributed by atoms with Gasteiger partial charge in [0.2, 0.25) is 0 Å². The molecule has 2 rings (SSSR count). The minimum absolute atomic E-state index is 0.593. The van der Waals surface area contributed by atoms with E-state index in [1.54, 1.807) is 11.8 Å². The van der Waals surface area contributed by atoms with E-state index in [1.807, 2.05) is 11.6 Å². The maximum Gasteiger partial charge on any atom is 0.191 e. The quantitative estimate of drug-likeness (QED) is 0.619. The molecule has 1 aromatic heterocycles. The summed E-state index contributed by atoms with van der Waals surface area (Å²) in [5.74, 6) is 1.77. The molecule has 0 spiro atoms. The van der Waals surface area contributed by atoms with E-state index in [9.17, 15) is 0 Å². The van der Waals surface area contributed by atoms with Gasteiger partial charge in [-0.2, -0.15) is 5.26 Å². The first-order chi connectivity index (χ1) is 9.22. The van der Waals surface area contributed by atoms with Crippen molar-refractivity contribution in [3.05, 3.63) is 29.8 Å². The van der Waals surface area contributed by atoms with Gasteiger partial charge in [-0.05, 0) is 13.3 Å². The Morgan fingerprint density at radius 2 is 2.00 bits per heavy atom. The zero-order valence-electron chi connectivity index (χ0n) is 11.1. The average molecular weight is 272 g/mol. The summed E-state index contributed by atoms with van der Waals surface area (Å²) in [6, 6.07) is 10.4. The Labute approximate surface area is 117 Å². The Kier molecular flexibility index (Phi) is 4.58. The zero-order valence-corrected chi connectivity index (χ0v) is 11.9. The van der Waals surface area contributed by atoms with Crippen LogP contribution in [0.4, 0.5) is 0 Å². The Morgan fingerprint density at radius 1 is 1.26 bits per heavy atom. The Hall–Kier alpha value is -1.80. The highest BCUT2D eigenvalue weighted by Gasteiger charge is 2.10. The second kappa shape index (κ2) is 6.39. The van der Waals surface area contributed by atoms with Gasteiger partial charge in [-0.1, -0.05) is 41.6 Å². The van der Waals surface area contributed by atoms with Crippen LogP contribution in [0.15, 0.2) is 29.4 Å². The number of rotatable bonds is 5. The topological polar surface area (TPSA) is 54.5 Å². The standard InChI is InChI=1S/C14H16N4S/c1-11-5-7-12(8-6-11)13-16-17-14(18(13)2)19-10-4-3-9-15/h5-8H,3-4,10H2,1-2H3. The van der Waals surface area contributed by atoms with E-state index in [2.05, 4.69) is 47.5 Å². The number of nitrogens with zero attached hydrogens (tertiary/aromatic N) is 4. The van der Waals surface area contributed by atoms with E-state index >= 15 is 0 Å². The van der Waals surface area contributed by atoms with E-state index in [1.165, 1.54) is 5.56 Å². The summed E-state index contributed by atoms with van der Waals surface area (Å²) in [6.45, 7) is 2.07. The van der Waals surface area contributed by atoms with Crippen molar-refractivity contribution in [3.63, 3.8) is 0 Å². The van der Waals surface area contributed by atoms with Gasteiger partial charge in [0.1, 0.15) is 0 Å². The highest BCUT2D eigenvalue weighted by Crippen LogP contribution is 2.23. The number of aryl methyl sites for hydroxylation is 1. The van der Waals surface area contributed by atoms with E-state index in [0.29, 0.717) is 6.42 Å². The maximum atomic E-state index is 8.50. The molecule has 0 saturated carbocycles. The predicted molar refractivity (Wildman–Crippen MR) is 76.7 cm³/mol. The molecule has 19 heavy (non-hydrogen) atoms. The van der Waals surface area contributed by atoms with Crippen LogP contribution in [0.25, 0.3) is 11.4 Å². The smallest absolute Gasteiger partial charge is 0.191 e. The molecule has 0 aliphatic heterocycles. The number of hydrogen-bond donors (Lipinski definition) is 0. The van der Waals surface area contributed by atoms with E-state index in [0.717, 1.165) is 28.7 Å². The monoisotopic (exact) mass is 272 g/mol. The molecule has 0 bridgehead atoms. The molecular formula is C14H16N4S. The largest absolute Gasteiger partial charge is 0.305 e. The van der Waals surface area contributed by atoms with Crippen molar-refractivity contribution in [1.82, 2.24) is 14.8 Å². The lowest BCUT2D eigenvalue weighted by atomic mass is 10.1. The lowest BCUT2D eigenvalue weighted by Crippen LogP contribution is -1.95. The molecular weight excluding hydrogens is 256 g/mol. The number of hydrogen-bond acceptors (Lipinski definition) is 4. The maximum absolute atomic E-state index is 8.50. The van der Waals surface area contributed by atoms with E-state index in [-0.39, 0.29) is 0 Å². The number of aromatic nitrogens is 3. The Morgan fingerprint density at radius 3 is 2.68 bits per heavy atom. The lowest BCUT2D eigenvalue weighted by Gasteiger charge is -2.03.